The molecule has 0 saturated carbocycles. The molecule has 0 spiro atoms. The maximum atomic E-state index is 12.6. The van der Waals surface area contributed by atoms with E-state index in [0.29, 0.717) is 12.3 Å². The molecule has 1 aliphatic heterocycles. The first-order valence-electron chi connectivity index (χ1n) is 9.27. The van der Waals surface area contributed by atoms with Crippen LogP contribution in [-0.4, -0.2) is 18.9 Å². The largest absolute Gasteiger partial charge is 0.497 e. The number of anilines is 1. The highest BCUT2D eigenvalue weighted by atomic mass is 16.5. The van der Waals surface area contributed by atoms with Gasteiger partial charge in [0.1, 0.15) is 11.8 Å². The lowest BCUT2D eigenvalue weighted by atomic mass is 9.96. The van der Waals surface area contributed by atoms with Gasteiger partial charge < -0.3 is 15.4 Å². The van der Waals surface area contributed by atoms with Crippen LogP contribution in [0.25, 0.3) is 0 Å². The molecule has 0 aromatic heterocycles. The minimum atomic E-state index is -0.635. The Hall–Kier alpha value is -2.82. The van der Waals surface area contributed by atoms with Crippen molar-refractivity contribution in [1.82, 2.24) is 5.32 Å². The third-order valence-electron chi connectivity index (χ3n) is 5.03. The first-order valence-corrected chi connectivity index (χ1v) is 9.27. The Morgan fingerprint density at radius 2 is 1.93 bits per heavy atom. The van der Waals surface area contributed by atoms with Crippen molar-refractivity contribution in [2.24, 2.45) is 0 Å². The standard InChI is InChI=1S/C22H26N2O3/c1-13(2)15-8-9-19-18(12-15)21(22(26)23-19)24-20(25)10-14(3)16-6-5-7-17(11-16)27-4/h5-9,11-14,21H,10H2,1-4H3,(H,23,26)(H,24,25)/t14-,21+/m1/s1. The van der Waals surface area contributed by atoms with Crippen LogP contribution < -0.4 is 15.4 Å². The molecule has 2 aromatic rings. The van der Waals surface area contributed by atoms with Crippen molar-refractivity contribution in [2.45, 2.75) is 45.1 Å². The lowest BCUT2D eigenvalue weighted by Crippen LogP contribution is -2.33. The summed E-state index contributed by atoms with van der Waals surface area (Å²) in [6, 6.07) is 13.0. The van der Waals surface area contributed by atoms with Crippen LogP contribution in [0.5, 0.6) is 5.75 Å². The van der Waals surface area contributed by atoms with Crippen molar-refractivity contribution in [3.63, 3.8) is 0 Å². The Bertz CT molecular complexity index is 860. The molecule has 0 unspecified atom stereocenters. The lowest BCUT2D eigenvalue weighted by Gasteiger charge is -2.16. The van der Waals surface area contributed by atoms with Crippen LogP contribution in [-0.2, 0) is 9.59 Å². The number of carbonyl (C=O) groups excluding carboxylic acids is 2. The van der Waals surface area contributed by atoms with E-state index in [4.69, 9.17) is 4.74 Å². The maximum absolute atomic E-state index is 12.6. The molecule has 5 heteroatoms. The van der Waals surface area contributed by atoms with Crippen molar-refractivity contribution in [2.75, 3.05) is 12.4 Å². The van der Waals surface area contributed by atoms with E-state index in [1.54, 1.807) is 7.11 Å². The zero-order valence-corrected chi connectivity index (χ0v) is 16.2. The van der Waals surface area contributed by atoms with Crippen molar-refractivity contribution < 1.29 is 14.3 Å². The van der Waals surface area contributed by atoms with E-state index in [0.717, 1.165) is 28.1 Å². The van der Waals surface area contributed by atoms with Crippen LogP contribution in [0.2, 0.25) is 0 Å². The van der Waals surface area contributed by atoms with E-state index in [1.165, 1.54) is 0 Å². The summed E-state index contributed by atoms with van der Waals surface area (Å²) in [6.45, 7) is 6.21. The number of amides is 2. The molecular formula is C22H26N2O3. The van der Waals surface area contributed by atoms with E-state index in [2.05, 4.69) is 24.5 Å². The van der Waals surface area contributed by atoms with Gasteiger partial charge in [-0.2, -0.15) is 0 Å². The van der Waals surface area contributed by atoms with Crippen LogP contribution in [0.3, 0.4) is 0 Å². The number of fused-ring (bicyclic) bond motifs is 1. The topological polar surface area (TPSA) is 67.4 Å². The van der Waals surface area contributed by atoms with E-state index in [1.807, 2.05) is 49.4 Å². The Balaban J connectivity index is 1.71. The zero-order valence-electron chi connectivity index (χ0n) is 16.2. The van der Waals surface area contributed by atoms with E-state index in [-0.39, 0.29) is 17.7 Å². The van der Waals surface area contributed by atoms with Gasteiger partial charge in [-0.25, -0.2) is 0 Å². The Morgan fingerprint density at radius 3 is 2.63 bits per heavy atom. The van der Waals surface area contributed by atoms with Gasteiger partial charge in [0.2, 0.25) is 5.91 Å². The van der Waals surface area contributed by atoms with Gasteiger partial charge in [-0.15, -0.1) is 0 Å². The first-order chi connectivity index (χ1) is 12.9. The third-order valence-corrected chi connectivity index (χ3v) is 5.03. The molecular weight excluding hydrogens is 340 g/mol. The number of carbonyl (C=O) groups is 2. The highest BCUT2D eigenvalue weighted by molar-refractivity contribution is 6.04. The summed E-state index contributed by atoms with van der Waals surface area (Å²) in [4.78, 5) is 24.9. The zero-order chi connectivity index (χ0) is 19.6. The molecule has 27 heavy (non-hydrogen) atoms. The quantitative estimate of drug-likeness (QED) is 0.808. The SMILES string of the molecule is COc1cccc([C@H](C)CC(=O)N[C@@H]2C(=O)Nc3ccc(C(C)C)cc32)c1. The second-order valence-electron chi connectivity index (χ2n) is 7.37. The molecule has 2 atom stereocenters. The number of nitrogens with one attached hydrogen (secondary N) is 2. The fraction of sp³-hybridized carbons (Fsp3) is 0.364. The van der Waals surface area contributed by atoms with Crippen molar-refractivity contribution in [1.29, 1.82) is 0 Å². The van der Waals surface area contributed by atoms with Crippen LogP contribution >= 0.6 is 0 Å². The molecule has 5 nitrogen and oxygen atoms in total. The van der Waals surface area contributed by atoms with E-state index < -0.39 is 6.04 Å². The highest BCUT2D eigenvalue weighted by Crippen LogP contribution is 2.33. The molecule has 2 amide bonds. The maximum Gasteiger partial charge on any atom is 0.251 e. The normalized spacial score (nSPS) is 16.6. The third kappa shape index (κ3) is 4.13. The van der Waals surface area contributed by atoms with Gasteiger partial charge in [0.25, 0.3) is 5.91 Å². The molecule has 0 radical (unpaired) electrons. The average Bonchev–Trinajstić information content (AvgIpc) is 2.96. The summed E-state index contributed by atoms with van der Waals surface area (Å²) in [7, 11) is 1.62. The number of ether oxygens (including phenoxy) is 1. The number of benzene rings is 2. The molecule has 1 heterocycles. The second-order valence-corrected chi connectivity index (χ2v) is 7.37. The van der Waals surface area contributed by atoms with Crippen molar-refractivity contribution >= 4 is 17.5 Å². The Morgan fingerprint density at radius 1 is 1.15 bits per heavy atom. The van der Waals surface area contributed by atoms with Gasteiger partial charge in [-0.3, -0.25) is 9.59 Å². The van der Waals surface area contributed by atoms with Gasteiger partial charge >= 0.3 is 0 Å². The van der Waals surface area contributed by atoms with Crippen LogP contribution in [0.4, 0.5) is 5.69 Å². The van der Waals surface area contributed by atoms with Gasteiger partial charge in [0, 0.05) is 17.7 Å². The number of hydrogen-bond donors (Lipinski definition) is 2. The van der Waals surface area contributed by atoms with Crippen LogP contribution in [0, 0.1) is 0 Å². The Labute approximate surface area is 160 Å². The molecule has 1 aliphatic rings. The summed E-state index contributed by atoms with van der Waals surface area (Å²) in [5.41, 5.74) is 3.79. The van der Waals surface area contributed by atoms with Crippen molar-refractivity contribution in [3.8, 4) is 5.75 Å². The lowest BCUT2D eigenvalue weighted by molar-refractivity contribution is -0.126. The minimum Gasteiger partial charge on any atom is -0.497 e. The van der Waals surface area contributed by atoms with Gasteiger partial charge in [0.05, 0.1) is 7.11 Å². The fourth-order valence-electron chi connectivity index (χ4n) is 3.35. The second kappa shape index (κ2) is 7.82. The number of hydrogen-bond acceptors (Lipinski definition) is 3. The molecule has 142 valence electrons. The van der Waals surface area contributed by atoms with Gasteiger partial charge in [-0.05, 0) is 41.2 Å². The van der Waals surface area contributed by atoms with Gasteiger partial charge in [0.15, 0.2) is 0 Å². The minimum absolute atomic E-state index is 0.0195. The van der Waals surface area contributed by atoms with Crippen LogP contribution in [0.15, 0.2) is 42.5 Å². The summed E-state index contributed by atoms with van der Waals surface area (Å²) in [6.07, 6.45) is 0.302. The fourth-order valence-corrected chi connectivity index (χ4v) is 3.35. The summed E-state index contributed by atoms with van der Waals surface area (Å²) >= 11 is 0. The molecule has 0 saturated heterocycles. The number of methoxy groups -OCH3 is 1. The van der Waals surface area contributed by atoms with Crippen LogP contribution in [0.1, 0.15) is 61.8 Å². The smallest absolute Gasteiger partial charge is 0.251 e. The summed E-state index contributed by atoms with van der Waals surface area (Å²) < 4.78 is 5.25. The molecule has 0 bridgehead atoms. The molecule has 2 aromatic carbocycles. The van der Waals surface area contributed by atoms with Gasteiger partial charge in [-0.1, -0.05) is 45.0 Å². The Kier molecular flexibility index (Phi) is 5.49. The number of rotatable bonds is 6. The molecule has 0 aliphatic carbocycles. The van der Waals surface area contributed by atoms with E-state index >= 15 is 0 Å². The monoisotopic (exact) mass is 366 g/mol. The van der Waals surface area contributed by atoms with E-state index in [9.17, 15) is 9.59 Å². The predicted molar refractivity (Wildman–Crippen MR) is 106 cm³/mol. The average molecular weight is 366 g/mol. The first kappa shape index (κ1) is 19.0. The summed E-state index contributed by atoms with van der Waals surface area (Å²) in [5.74, 6) is 0.813. The molecule has 0 fully saturated rings. The van der Waals surface area contributed by atoms with Crippen molar-refractivity contribution in [3.05, 3.63) is 59.2 Å². The predicted octanol–water partition coefficient (Wildman–Crippen LogP) is 4.12. The highest BCUT2D eigenvalue weighted by Gasteiger charge is 2.32. The molecule has 2 N–H and O–H groups in total. The summed E-state index contributed by atoms with van der Waals surface area (Å²) in [5, 5.41) is 5.75. The molecule has 3 rings (SSSR count).